The normalized spacial score (nSPS) is 22.5. The van der Waals surface area contributed by atoms with Crippen molar-refractivity contribution in [2.45, 2.75) is 26.2 Å². The first-order valence-electron chi connectivity index (χ1n) is 8.38. The number of rotatable bonds is 6. The second kappa shape index (κ2) is 7.09. The molecule has 0 unspecified atom stereocenters. The van der Waals surface area contributed by atoms with Crippen molar-refractivity contribution in [3.63, 3.8) is 0 Å². The van der Waals surface area contributed by atoms with E-state index in [1.807, 2.05) is 30.0 Å². The maximum absolute atomic E-state index is 11.6. The Balaban J connectivity index is 1.38. The molecule has 1 atom stereocenters. The van der Waals surface area contributed by atoms with E-state index in [1.165, 1.54) is 6.42 Å². The molecule has 5 heteroatoms. The highest BCUT2D eigenvalue weighted by molar-refractivity contribution is 5.78. The van der Waals surface area contributed by atoms with Crippen molar-refractivity contribution < 1.29 is 4.79 Å². The topological polar surface area (TPSA) is 48.5 Å². The van der Waals surface area contributed by atoms with Crippen LogP contribution in [0.5, 0.6) is 0 Å². The monoisotopic (exact) mass is 302 g/mol. The van der Waals surface area contributed by atoms with Gasteiger partial charge in [0.05, 0.1) is 0 Å². The van der Waals surface area contributed by atoms with Crippen molar-refractivity contribution in [1.82, 2.24) is 14.8 Å². The van der Waals surface area contributed by atoms with Gasteiger partial charge in [0.2, 0.25) is 5.91 Å². The molecule has 3 rings (SSSR count). The van der Waals surface area contributed by atoms with Crippen LogP contribution in [-0.4, -0.2) is 60.0 Å². The van der Waals surface area contributed by atoms with Gasteiger partial charge in [-0.25, -0.2) is 4.98 Å². The summed E-state index contributed by atoms with van der Waals surface area (Å²) in [5.74, 6) is 1.99. The zero-order valence-electron chi connectivity index (χ0n) is 13.4. The van der Waals surface area contributed by atoms with Gasteiger partial charge < -0.3 is 15.1 Å². The van der Waals surface area contributed by atoms with Crippen LogP contribution in [0, 0.1) is 12.8 Å². The Hall–Kier alpha value is -1.62. The molecule has 22 heavy (non-hydrogen) atoms. The van der Waals surface area contributed by atoms with Crippen LogP contribution in [0.15, 0.2) is 18.2 Å². The Kier molecular flexibility index (Phi) is 4.93. The molecule has 0 radical (unpaired) electrons. The van der Waals surface area contributed by atoms with E-state index >= 15 is 0 Å². The Morgan fingerprint density at radius 1 is 1.32 bits per heavy atom. The molecule has 2 saturated heterocycles. The third-order valence-corrected chi connectivity index (χ3v) is 4.69. The maximum atomic E-state index is 11.6. The average Bonchev–Trinajstić information content (AvgIpc) is 3.12. The van der Waals surface area contributed by atoms with Crippen molar-refractivity contribution in [2.75, 3.05) is 44.6 Å². The smallest absolute Gasteiger partial charge is 0.222 e. The Bertz CT molecular complexity index is 519. The molecule has 2 aliphatic heterocycles. The third kappa shape index (κ3) is 3.97. The van der Waals surface area contributed by atoms with Crippen LogP contribution in [-0.2, 0) is 4.79 Å². The highest BCUT2D eigenvalue weighted by Crippen LogP contribution is 2.17. The lowest BCUT2D eigenvalue weighted by molar-refractivity contribution is -0.127. The summed E-state index contributed by atoms with van der Waals surface area (Å²) in [7, 11) is 0. The molecule has 1 amide bonds. The van der Waals surface area contributed by atoms with Gasteiger partial charge in [-0.3, -0.25) is 4.79 Å². The minimum atomic E-state index is 0.336. The molecule has 2 aliphatic rings. The summed E-state index contributed by atoms with van der Waals surface area (Å²) in [6, 6.07) is 6.08. The molecule has 2 fully saturated rings. The fourth-order valence-corrected chi connectivity index (χ4v) is 3.38. The van der Waals surface area contributed by atoms with Crippen molar-refractivity contribution in [1.29, 1.82) is 0 Å². The molecule has 0 aromatic carbocycles. The van der Waals surface area contributed by atoms with Crippen LogP contribution in [0.3, 0.4) is 0 Å². The number of carbonyl (C=O) groups is 1. The fraction of sp³-hybridized carbons (Fsp3) is 0.647. The van der Waals surface area contributed by atoms with Gasteiger partial charge >= 0.3 is 0 Å². The first-order valence-corrected chi connectivity index (χ1v) is 8.38. The number of amides is 1. The van der Waals surface area contributed by atoms with Crippen LogP contribution < -0.4 is 5.32 Å². The second-order valence-corrected chi connectivity index (χ2v) is 6.48. The number of nitrogens with zero attached hydrogens (tertiary/aromatic N) is 3. The van der Waals surface area contributed by atoms with E-state index in [0.29, 0.717) is 11.8 Å². The Morgan fingerprint density at radius 2 is 2.23 bits per heavy atom. The highest BCUT2D eigenvalue weighted by Gasteiger charge is 2.25. The van der Waals surface area contributed by atoms with Gasteiger partial charge in [0, 0.05) is 44.8 Å². The lowest BCUT2D eigenvalue weighted by atomic mass is 10.1. The lowest BCUT2D eigenvalue weighted by Crippen LogP contribution is -2.35. The van der Waals surface area contributed by atoms with E-state index in [-0.39, 0.29) is 0 Å². The van der Waals surface area contributed by atoms with Gasteiger partial charge in [0.1, 0.15) is 5.82 Å². The molecule has 0 aliphatic carbocycles. The van der Waals surface area contributed by atoms with Gasteiger partial charge in [-0.05, 0) is 44.4 Å². The summed E-state index contributed by atoms with van der Waals surface area (Å²) in [5.41, 5.74) is 1.05. The number of hydrogen-bond acceptors (Lipinski definition) is 4. The molecule has 120 valence electrons. The van der Waals surface area contributed by atoms with E-state index < -0.39 is 0 Å². The summed E-state index contributed by atoms with van der Waals surface area (Å²) in [5, 5.41) is 3.45. The van der Waals surface area contributed by atoms with Gasteiger partial charge in [0.25, 0.3) is 0 Å². The predicted octanol–water partition coefficient (Wildman–Crippen LogP) is 1.75. The minimum Gasteiger partial charge on any atom is -0.370 e. The number of aromatic nitrogens is 1. The summed E-state index contributed by atoms with van der Waals surface area (Å²) < 4.78 is 0. The third-order valence-electron chi connectivity index (χ3n) is 4.69. The molecule has 1 aromatic heterocycles. The summed E-state index contributed by atoms with van der Waals surface area (Å²) >= 11 is 0. The van der Waals surface area contributed by atoms with Crippen molar-refractivity contribution in [2.24, 2.45) is 5.92 Å². The number of aryl methyl sites for hydroxylation is 1. The van der Waals surface area contributed by atoms with Crippen LogP contribution in [0.1, 0.15) is 25.0 Å². The van der Waals surface area contributed by atoms with Crippen LogP contribution in [0.4, 0.5) is 5.82 Å². The van der Waals surface area contributed by atoms with E-state index in [9.17, 15) is 4.79 Å². The van der Waals surface area contributed by atoms with E-state index in [4.69, 9.17) is 0 Å². The number of hydrogen-bond donors (Lipinski definition) is 1. The van der Waals surface area contributed by atoms with Crippen LogP contribution in [0.2, 0.25) is 0 Å². The van der Waals surface area contributed by atoms with E-state index in [2.05, 4.69) is 15.2 Å². The molecule has 0 bridgehead atoms. The maximum Gasteiger partial charge on any atom is 0.222 e. The Morgan fingerprint density at radius 3 is 3.00 bits per heavy atom. The van der Waals surface area contributed by atoms with E-state index in [1.54, 1.807) is 0 Å². The highest BCUT2D eigenvalue weighted by atomic mass is 16.2. The van der Waals surface area contributed by atoms with Crippen LogP contribution >= 0.6 is 0 Å². The zero-order valence-corrected chi connectivity index (χ0v) is 13.4. The molecular weight excluding hydrogens is 276 g/mol. The predicted molar refractivity (Wildman–Crippen MR) is 87.8 cm³/mol. The van der Waals surface area contributed by atoms with Crippen molar-refractivity contribution in [3.8, 4) is 0 Å². The van der Waals surface area contributed by atoms with Gasteiger partial charge in [-0.15, -0.1) is 0 Å². The van der Waals surface area contributed by atoms with Gasteiger partial charge in [-0.2, -0.15) is 0 Å². The quantitative estimate of drug-likeness (QED) is 0.870. The largest absolute Gasteiger partial charge is 0.370 e. The lowest BCUT2D eigenvalue weighted by Gasteiger charge is -2.21. The molecule has 0 spiro atoms. The number of carbonyl (C=O) groups excluding carboxylic acids is 1. The number of anilines is 1. The van der Waals surface area contributed by atoms with Crippen LogP contribution in [0.25, 0.3) is 0 Å². The standard InChI is InChI=1S/C17H26N4O/c1-14-4-2-5-16(19-14)18-12-15-7-9-20(13-15)10-11-21-8-3-6-17(21)22/h2,4-5,15H,3,6-13H2,1H3,(H,18,19)/t15-/m1/s1. The number of nitrogens with one attached hydrogen (secondary N) is 1. The van der Waals surface area contributed by atoms with Crippen molar-refractivity contribution >= 4 is 11.7 Å². The van der Waals surface area contributed by atoms with E-state index in [0.717, 1.165) is 63.6 Å². The van der Waals surface area contributed by atoms with Crippen molar-refractivity contribution in [3.05, 3.63) is 23.9 Å². The molecule has 5 nitrogen and oxygen atoms in total. The summed E-state index contributed by atoms with van der Waals surface area (Å²) in [6.45, 7) is 8.15. The van der Waals surface area contributed by atoms with Gasteiger partial charge in [0.15, 0.2) is 0 Å². The molecular formula is C17H26N4O. The van der Waals surface area contributed by atoms with Gasteiger partial charge in [-0.1, -0.05) is 6.07 Å². The number of pyridine rings is 1. The molecule has 3 heterocycles. The first-order chi connectivity index (χ1) is 10.7. The molecule has 1 aromatic rings. The second-order valence-electron chi connectivity index (χ2n) is 6.48. The fourth-order valence-electron chi connectivity index (χ4n) is 3.38. The minimum absolute atomic E-state index is 0.336. The first kappa shape index (κ1) is 15.3. The Labute approximate surface area is 132 Å². The molecule has 1 N–H and O–H groups in total. The zero-order chi connectivity index (χ0) is 15.4. The SMILES string of the molecule is Cc1cccc(NC[C@H]2CCN(CCN3CCCC3=O)C2)n1. The summed E-state index contributed by atoms with van der Waals surface area (Å²) in [6.07, 6.45) is 3.01. The number of likely N-dealkylation sites (tertiary alicyclic amines) is 2. The average molecular weight is 302 g/mol. The molecule has 0 saturated carbocycles. The summed E-state index contributed by atoms with van der Waals surface area (Å²) in [4.78, 5) is 20.6.